The Morgan fingerprint density at radius 3 is 2.41 bits per heavy atom. The van der Waals surface area contributed by atoms with Gasteiger partial charge in [-0.15, -0.1) is 0 Å². The lowest BCUT2D eigenvalue weighted by molar-refractivity contribution is 0.131. The van der Waals surface area contributed by atoms with Crippen LogP contribution in [0.5, 0.6) is 5.75 Å². The van der Waals surface area contributed by atoms with Gasteiger partial charge in [0.05, 0.1) is 18.5 Å². The van der Waals surface area contributed by atoms with Crippen LogP contribution in [0.1, 0.15) is 44.1 Å². The molecule has 9 nitrogen and oxygen atoms in total. The summed E-state index contributed by atoms with van der Waals surface area (Å²) in [6, 6.07) is 0.958. The number of anilines is 2. The van der Waals surface area contributed by atoms with Gasteiger partial charge in [0.2, 0.25) is 11.8 Å². The molecule has 0 radical (unpaired) electrons. The Balaban J connectivity index is 1.16. The number of nitrogens with zero attached hydrogens (tertiary/aromatic N) is 6. The predicted molar refractivity (Wildman–Crippen MR) is 130 cm³/mol. The normalized spacial score (nSPS) is 21.5. The maximum absolute atomic E-state index is 14.3. The molecule has 3 unspecified atom stereocenters. The van der Waals surface area contributed by atoms with Crippen LogP contribution in [0.25, 0.3) is 0 Å². The van der Waals surface area contributed by atoms with E-state index in [2.05, 4.69) is 25.0 Å². The molecule has 0 aliphatic carbocycles. The Labute approximate surface area is 212 Å². The lowest BCUT2D eigenvalue weighted by Gasteiger charge is -2.34. The van der Waals surface area contributed by atoms with Gasteiger partial charge in [0.1, 0.15) is 5.82 Å². The van der Waals surface area contributed by atoms with E-state index in [1.165, 1.54) is 0 Å². The van der Waals surface area contributed by atoms with Gasteiger partial charge in [-0.25, -0.2) is 23.1 Å². The highest BCUT2D eigenvalue weighted by atomic mass is 19.2. The number of hydrogen-bond donors (Lipinski definition) is 1. The number of piperidine rings is 1. The molecule has 3 atom stereocenters. The van der Waals surface area contributed by atoms with E-state index in [-0.39, 0.29) is 11.7 Å². The van der Waals surface area contributed by atoms with E-state index < -0.39 is 29.4 Å². The van der Waals surface area contributed by atoms with Gasteiger partial charge in [-0.05, 0) is 42.5 Å². The summed E-state index contributed by atoms with van der Waals surface area (Å²) >= 11 is 0. The zero-order chi connectivity index (χ0) is 26.1. The maximum atomic E-state index is 14.3. The van der Waals surface area contributed by atoms with Crippen molar-refractivity contribution in [2.45, 2.75) is 51.2 Å². The van der Waals surface area contributed by atoms with Crippen LogP contribution in [-0.2, 0) is 6.42 Å². The second kappa shape index (κ2) is 10.5. The summed E-state index contributed by atoms with van der Waals surface area (Å²) in [5.41, 5.74) is 6.26. The molecule has 2 aromatic heterocycles. The summed E-state index contributed by atoms with van der Waals surface area (Å²) in [5.74, 6) is -1.03. The minimum atomic E-state index is -1.22. The van der Waals surface area contributed by atoms with Crippen molar-refractivity contribution in [2.24, 2.45) is 11.7 Å². The number of benzene rings is 1. The van der Waals surface area contributed by atoms with Crippen LogP contribution in [0.4, 0.5) is 25.1 Å². The molecule has 2 N–H and O–H groups in total. The first-order valence-corrected chi connectivity index (χ1v) is 12.5. The minimum absolute atomic E-state index is 0.0333. The van der Waals surface area contributed by atoms with Gasteiger partial charge >= 0.3 is 0 Å². The molecule has 0 spiro atoms. The van der Waals surface area contributed by atoms with Gasteiger partial charge in [-0.3, -0.25) is 0 Å². The highest BCUT2D eigenvalue weighted by Gasteiger charge is 2.35. The van der Waals surface area contributed by atoms with Crippen LogP contribution < -0.4 is 20.3 Å². The molecule has 12 heteroatoms. The zero-order valence-corrected chi connectivity index (χ0v) is 20.8. The monoisotopic (exact) mass is 517 g/mol. The molecule has 2 aliphatic rings. The van der Waals surface area contributed by atoms with Crippen molar-refractivity contribution in [3.8, 4) is 5.75 Å². The third-order valence-corrected chi connectivity index (χ3v) is 7.27. The molecular weight excluding hydrogens is 487 g/mol. The summed E-state index contributed by atoms with van der Waals surface area (Å²) in [5, 5.41) is 4.06. The lowest BCUT2D eigenvalue weighted by atomic mass is 9.92. The van der Waals surface area contributed by atoms with Crippen molar-refractivity contribution >= 4 is 11.9 Å². The Morgan fingerprint density at radius 2 is 1.73 bits per heavy atom. The maximum Gasteiger partial charge on any atom is 0.266 e. The average molecular weight is 518 g/mol. The van der Waals surface area contributed by atoms with E-state index in [0.29, 0.717) is 55.0 Å². The van der Waals surface area contributed by atoms with E-state index in [1.54, 1.807) is 17.3 Å². The number of halogens is 3. The third kappa shape index (κ3) is 5.34. The molecule has 2 aliphatic heterocycles. The Hall–Kier alpha value is -3.41. The van der Waals surface area contributed by atoms with Crippen molar-refractivity contribution < 1.29 is 22.4 Å². The summed E-state index contributed by atoms with van der Waals surface area (Å²) in [6.07, 6.45) is 5.77. The largest absolute Gasteiger partial charge is 0.487 e. The number of rotatable bonds is 7. The molecule has 0 amide bonds. The van der Waals surface area contributed by atoms with Crippen molar-refractivity contribution in [3.63, 3.8) is 0 Å². The fraction of sp³-hybridized carbons (Fsp3) is 0.520. The highest BCUT2D eigenvalue weighted by Crippen LogP contribution is 2.32. The lowest BCUT2D eigenvalue weighted by Crippen LogP contribution is -2.39. The summed E-state index contributed by atoms with van der Waals surface area (Å²) in [7, 11) is 0. The highest BCUT2D eigenvalue weighted by molar-refractivity contribution is 5.39. The quantitative estimate of drug-likeness (QED) is 0.472. The molecule has 0 saturated carbocycles. The Kier molecular flexibility index (Phi) is 7.18. The van der Waals surface area contributed by atoms with Gasteiger partial charge in [-0.2, -0.15) is 4.98 Å². The van der Waals surface area contributed by atoms with Crippen molar-refractivity contribution in [2.75, 3.05) is 36.0 Å². The van der Waals surface area contributed by atoms with E-state index in [9.17, 15) is 13.2 Å². The fourth-order valence-electron chi connectivity index (χ4n) is 5.07. The van der Waals surface area contributed by atoms with Gasteiger partial charge in [0.25, 0.3) is 5.95 Å². The second-order valence-corrected chi connectivity index (χ2v) is 9.67. The molecule has 198 valence electrons. The van der Waals surface area contributed by atoms with Crippen LogP contribution in [0, 0.1) is 23.4 Å². The summed E-state index contributed by atoms with van der Waals surface area (Å²) in [4.78, 5) is 17.2. The van der Waals surface area contributed by atoms with Crippen molar-refractivity contribution in [3.05, 3.63) is 53.4 Å². The number of hydrogen-bond acceptors (Lipinski definition) is 9. The predicted octanol–water partition coefficient (Wildman–Crippen LogP) is 3.45. The molecule has 4 heterocycles. The molecule has 2 saturated heterocycles. The van der Waals surface area contributed by atoms with Crippen molar-refractivity contribution in [1.29, 1.82) is 0 Å². The van der Waals surface area contributed by atoms with E-state index in [0.717, 1.165) is 32.0 Å². The second-order valence-electron chi connectivity index (χ2n) is 9.67. The van der Waals surface area contributed by atoms with Gasteiger partial charge in [0, 0.05) is 50.6 Å². The molecule has 3 aromatic rings. The Morgan fingerprint density at radius 1 is 1.03 bits per heavy atom. The summed E-state index contributed by atoms with van der Waals surface area (Å²) < 4.78 is 52.7. The molecule has 0 bridgehead atoms. The molecular formula is C25H30F3N7O2. The first-order chi connectivity index (χ1) is 17.8. The topological polar surface area (TPSA) is 106 Å². The van der Waals surface area contributed by atoms with E-state index >= 15 is 0 Å². The fourth-order valence-corrected chi connectivity index (χ4v) is 5.07. The molecule has 37 heavy (non-hydrogen) atoms. The number of ether oxygens (including phenoxy) is 1. The zero-order valence-electron chi connectivity index (χ0n) is 20.8. The van der Waals surface area contributed by atoms with E-state index in [1.807, 2.05) is 13.8 Å². The van der Waals surface area contributed by atoms with Crippen LogP contribution in [-0.4, -0.2) is 58.4 Å². The first kappa shape index (κ1) is 25.2. The molecule has 1 aromatic carbocycles. The van der Waals surface area contributed by atoms with Gasteiger partial charge in [-0.1, -0.05) is 6.92 Å². The van der Waals surface area contributed by atoms with Gasteiger partial charge < -0.3 is 24.8 Å². The van der Waals surface area contributed by atoms with Crippen LogP contribution in [0.2, 0.25) is 0 Å². The SMILES string of the molecule is CCc1nc(N2CCC(C(C)Oc3cnc(N4CC(N)C(c5cc(F)c(F)cc5F)C4)nc3)CC2)no1. The number of aryl methyl sites for hydroxylation is 1. The molecule has 5 rings (SSSR count). The standard InChI is InChI=1S/C25H30F3N7O2/c1-3-23-32-25(33-37-23)34-6-4-15(5-7-34)14(2)36-16-10-30-24(31-11-16)35-12-18(22(29)13-35)17-8-20(27)21(28)9-19(17)26/h8-11,14-15,18,22H,3-7,12-13,29H2,1-2H3. The van der Waals surface area contributed by atoms with Crippen molar-refractivity contribution in [1.82, 2.24) is 20.1 Å². The number of nitrogens with two attached hydrogens (primary N) is 1. The minimum Gasteiger partial charge on any atom is -0.487 e. The average Bonchev–Trinajstić information content (AvgIpc) is 3.54. The first-order valence-electron chi connectivity index (χ1n) is 12.5. The smallest absolute Gasteiger partial charge is 0.266 e. The molecule has 2 fully saturated rings. The third-order valence-electron chi connectivity index (χ3n) is 7.27. The van der Waals surface area contributed by atoms with Crippen LogP contribution >= 0.6 is 0 Å². The summed E-state index contributed by atoms with van der Waals surface area (Å²) in [6.45, 7) is 6.32. The Bertz CT molecular complexity index is 1220. The van der Waals surface area contributed by atoms with E-state index in [4.69, 9.17) is 15.0 Å². The number of aromatic nitrogens is 4. The van der Waals surface area contributed by atoms with Crippen LogP contribution in [0.15, 0.2) is 29.0 Å². The van der Waals surface area contributed by atoms with Gasteiger partial charge in [0.15, 0.2) is 17.4 Å². The van der Waals surface area contributed by atoms with Crippen LogP contribution in [0.3, 0.4) is 0 Å².